The van der Waals surface area contributed by atoms with Gasteiger partial charge in [0.2, 0.25) is 0 Å². The fraction of sp³-hybridized carbons (Fsp3) is 0.182. The number of fused-ring (bicyclic) bond motifs is 1. The number of aliphatic hydroxyl groups is 1. The van der Waals surface area contributed by atoms with Crippen LogP contribution in [0, 0.1) is 5.82 Å². The topological polar surface area (TPSA) is 114 Å². The first kappa shape index (κ1) is 21.7. The summed E-state index contributed by atoms with van der Waals surface area (Å²) in [6, 6.07) is 12.4. The van der Waals surface area contributed by atoms with Gasteiger partial charge in [-0.25, -0.2) is 22.8 Å². The van der Waals surface area contributed by atoms with Crippen LogP contribution in [0.2, 0.25) is 0 Å². The molecule has 8 nitrogen and oxygen atoms in total. The first-order valence-electron chi connectivity index (χ1n) is 9.63. The summed E-state index contributed by atoms with van der Waals surface area (Å²) in [5.74, 6) is 1.19. The molecule has 1 atom stereocenters. The summed E-state index contributed by atoms with van der Waals surface area (Å²) in [6.07, 6.45) is 1.76. The number of nitrogens with zero attached hydrogens (tertiary/aromatic N) is 2. The molecular formula is C22H20FN3O5S. The maximum absolute atomic E-state index is 13.5. The Kier molecular flexibility index (Phi) is 5.81. The van der Waals surface area contributed by atoms with Gasteiger partial charge in [0.15, 0.2) is 15.5 Å². The average Bonchev–Trinajstić information content (AvgIpc) is 3.16. The summed E-state index contributed by atoms with van der Waals surface area (Å²) in [4.78, 5) is 11.6. The highest BCUT2D eigenvalue weighted by molar-refractivity contribution is 7.90. The third-order valence-electron chi connectivity index (χ3n) is 4.54. The number of nitrogens with one attached hydrogen (secondary N) is 1. The van der Waals surface area contributed by atoms with Gasteiger partial charge in [0.25, 0.3) is 0 Å². The molecule has 10 heteroatoms. The van der Waals surface area contributed by atoms with Crippen LogP contribution in [-0.4, -0.2) is 47.4 Å². The number of aliphatic hydroxyl groups excluding tert-OH is 1. The van der Waals surface area contributed by atoms with Crippen molar-refractivity contribution in [2.24, 2.45) is 0 Å². The quantitative estimate of drug-likeness (QED) is 0.435. The van der Waals surface area contributed by atoms with E-state index in [-0.39, 0.29) is 11.5 Å². The van der Waals surface area contributed by atoms with Crippen molar-refractivity contribution in [3.05, 3.63) is 60.5 Å². The SMILES string of the molecule is C[C@@H](CO)Oc1cc(Oc2ccc(S(C)(=O)=O)cc2)cc(-c2nc3ncc(F)cc3[nH]2)c1. The highest BCUT2D eigenvalue weighted by atomic mass is 32.2. The predicted molar refractivity (Wildman–Crippen MR) is 116 cm³/mol. The van der Waals surface area contributed by atoms with E-state index in [9.17, 15) is 17.9 Å². The molecule has 0 saturated heterocycles. The number of ether oxygens (including phenoxy) is 2. The molecule has 4 rings (SSSR count). The van der Waals surface area contributed by atoms with Gasteiger partial charge in [-0.2, -0.15) is 0 Å². The van der Waals surface area contributed by atoms with Crippen LogP contribution in [0.3, 0.4) is 0 Å². The van der Waals surface area contributed by atoms with E-state index in [1.165, 1.54) is 18.2 Å². The molecule has 0 saturated carbocycles. The first-order valence-corrected chi connectivity index (χ1v) is 11.5. The first-order chi connectivity index (χ1) is 15.2. The highest BCUT2D eigenvalue weighted by Crippen LogP contribution is 2.33. The lowest BCUT2D eigenvalue weighted by Gasteiger charge is -2.15. The number of aromatic nitrogens is 3. The number of imidazole rings is 1. The molecule has 0 aliphatic heterocycles. The number of aromatic amines is 1. The maximum Gasteiger partial charge on any atom is 0.178 e. The molecule has 2 N–H and O–H groups in total. The molecule has 0 aliphatic rings. The Morgan fingerprint density at radius 1 is 1.09 bits per heavy atom. The number of pyridine rings is 1. The van der Waals surface area contributed by atoms with Crippen LogP contribution in [0.4, 0.5) is 4.39 Å². The third-order valence-corrected chi connectivity index (χ3v) is 5.67. The molecule has 0 unspecified atom stereocenters. The smallest absolute Gasteiger partial charge is 0.178 e. The Balaban J connectivity index is 1.71. The molecule has 0 bridgehead atoms. The largest absolute Gasteiger partial charge is 0.488 e. The van der Waals surface area contributed by atoms with E-state index in [1.807, 2.05) is 0 Å². The number of hydrogen-bond acceptors (Lipinski definition) is 7. The summed E-state index contributed by atoms with van der Waals surface area (Å²) < 4.78 is 48.4. The molecule has 2 heterocycles. The second-order valence-corrected chi connectivity index (χ2v) is 9.28. The van der Waals surface area contributed by atoms with Crippen LogP contribution in [0.25, 0.3) is 22.6 Å². The van der Waals surface area contributed by atoms with E-state index in [0.29, 0.717) is 39.8 Å². The molecular weight excluding hydrogens is 437 g/mol. The van der Waals surface area contributed by atoms with Gasteiger partial charge in [-0.15, -0.1) is 0 Å². The Labute approximate surface area is 183 Å². The van der Waals surface area contributed by atoms with Crippen LogP contribution in [0.5, 0.6) is 17.2 Å². The fourth-order valence-electron chi connectivity index (χ4n) is 3.01. The minimum absolute atomic E-state index is 0.179. The molecule has 2 aromatic carbocycles. The fourth-order valence-corrected chi connectivity index (χ4v) is 3.64. The zero-order valence-corrected chi connectivity index (χ0v) is 18.1. The lowest BCUT2D eigenvalue weighted by atomic mass is 10.2. The minimum Gasteiger partial charge on any atom is -0.488 e. The van der Waals surface area contributed by atoms with Gasteiger partial charge in [0.1, 0.15) is 35.0 Å². The maximum atomic E-state index is 13.5. The van der Waals surface area contributed by atoms with Crippen molar-refractivity contribution in [1.29, 1.82) is 0 Å². The van der Waals surface area contributed by atoms with E-state index < -0.39 is 21.8 Å². The Morgan fingerprint density at radius 2 is 1.81 bits per heavy atom. The third kappa shape index (κ3) is 4.87. The van der Waals surface area contributed by atoms with Crippen LogP contribution < -0.4 is 9.47 Å². The number of rotatable bonds is 7. The number of halogens is 1. The summed E-state index contributed by atoms with van der Waals surface area (Å²) in [5.41, 5.74) is 1.39. The molecule has 166 valence electrons. The van der Waals surface area contributed by atoms with Gasteiger partial charge >= 0.3 is 0 Å². The summed E-state index contributed by atoms with van der Waals surface area (Å²) in [5, 5.41) is 9.33. The van der Waals surface area contributed by atoms with E-state index in [4.69, 9.17) is 9.47 Å². The second kappa shape index (κ2) is 8.56. The average molecular weight is 457 g/mol. The molecule has 0 radical (unpaired) electrons. The molecule has 0 aliphatic carbocycles. The van der Waals surface area contributed by atoms with Crippen molar-refractivity contribution in [2.45, 2.75) is 17.9 Å². The van der Waals surface area contributed by atoms with Crippen LogP contribution in [0.15, 0.2) is 59.6 Å². The van der Waals surface area contributed by atoms with Crippen LogP contribution in [-0.2, 0) is 9.84 Å². The van der Waals surface area contributed by atoms with Gasteiger partial charge < -0.3 is 19.6 Å². The van der Waals surface area contributed by atoms with Gasteiger partial charge in [-0.1, -0.05) is 0 Å². The number of benzene rings is 2. The van der Waals surface area contributed by atoms with Crippen molar-refractivity contribution in [1.82, 2.24) is 15.0 Å². The summed E-state index contributed by atoms with van der Waals surface area (Å²) in [6.45, 7) is 1.53. The van der Waals surface area contributed by atoms with Gasteiger partial charge in [-0.05, 0) is 43.3 Å². The van der Waals surface area contributed by atoms with Crippen molar-refractivity contribution in [3.63, 3.8) is 0 Å². The van der Waals surface area contributed by atoms with Gasteiger partial charge in [0.05, 0.1) is 23.2 Å². The summed E-state index contributed by atoms with van der Waals surface area (Å²) in [7, 11) is -3.32. The van der Waals surface area contributed by atoms with Crippen LogP contribution >= 0.6 is 0 Å². The van der Waals surface area contributed by atoms with Crippen molar-refractivity contribution in [2.75, 3.05) is 12.9 Å². The zero-order valence-electron chi connectivity index (χ0n) is 17.2. The molecule has 32 heavy (non-hydrogen) atoms. The minimum atomic E-state index is -3.32. The number of H-pyrrole nitrogens is 1. The normalized spacial score (nSPS) is 12.6. The van der Waals surface area contributed by atoms with Crippen molar-refractivity contribution in [3.8, 4) is 28.6 Å². The van der Waals surface area contributed by atoms with Gasteiger partial charge in [-0.3, -0.25) is 0 Å². The van der Waals surface area contributed by atoms with E-state index >= 15 is 0 Å². The molecule has 4 aromatic rings. The van der Waals surface area contributed by atoms with Crippen LogP contribution in [0.1, 0.15) is 6.92 Å². The van der Waals surface area contributed by atoms with E-state index in [1.54, 1.807) is 37.3 Å². The Bertz CT molecular complexity index is 1370. The molecule has 0 spiro atoms. The molecule has 0 fully saturated rings. The van der Waals surface area contributed by atoms with E-state index in [2.05, 4.69) is 15.0 Å². The van der Waals surface area contributed by atoms with E-state index in [0.717, 1.165) is 12.5 Å². The lowest BCUT2D eigenvalue weighted by Crippen LogP contribution is -2.16. The van der Waals surface area contributed by atoms with Crippen molar-refractivity contribution >= 4 is 21.0 Å². The molecule has 0 amide bonds. The monoisotopic (exact) mass is 457 g/mol. The predicted octanol–water partition coefficient (Wildman–Crippen LogP) is 3.72. The zero-order chi connectivity index (χ0) is 22.9. The number of sulfone groups is 1. The lowest BCUT2D eigenvalue weighted by molar-refractivity contribution is 0.129. The standard InChI is InChI=1S/C22H20FN3O5S/c1-13(12-27)30-17-7-14(21-25-20-9-15(23)11-24-22(20)26-21)8-18(10-17)31-16-3-5-19(6-4-16)32(2,28)29/h3-11,13,27H,12H2,1-2H3,(H,24,25,26)/t13-/m0/s1. The Morgan fingerprint density at radius 3 is 2.50 bits per heavy atom. The van der Waals surface area contributed by atoms with Gasteiger partial charge in [0, 0.05) is 24.0 Å². The summed E-state index contributed by atoms with van der Waals surface area (Å²) >= 11 is 0. The highest BCUT2D eigenvalue weighted by Gasteiger charge is 2.13. The number of hydrogen-bond donors (Lipinski definition) is 2. The second-order valence-electron chi connectivity index (χ2n) is 7.26. The molecule has 2 aromatic heterocycles. The van der Waals surface area contributed by atoms with Crippen molar-refractivity contribution < 1.29 is 27.4 Å². The Hall–Kier alpha value is -3.50.